The van der Waals surface area contributed by atoms with Gasteiger partial charge in [-0.1, -0.05) is 0 Å². The van der Waals surface area contributed by atoms with E-state index in [-0.39, 0.29) is 6.29 Å². The molecule has 0 bridgehead atoms. The number of nitrogens with one attached hydrogen (secondary N) is 1. The number of hydrogen-bond donors (Lipinski definition) is 10. The highest BCUT2D eigenvalue weighted by Gasteiger charge is 2.45. The van der Waals surface area contributed by atoms with Gasteiger partial charge in [0.2, 0.25) is 0 Å². The number of aliphatic hydroxyl groups excluding tert-OH is 6. The highest BCUT2D eigenvalue weighted by Crippen LogP contribution is 2.57. The molecule has 9 atom stereocenters. The number of hydrogen-bond acceptors (Lipinski definition) is 14. The Morgan fingerprint density at radius 2 is 1.69 bits per heavy atom. The maximum atomic E-state index is 11.7. The zero-order valence-corrected chi connectivity index (χ0v) is 20.0. The first-order valence-corrected chi connectivity index (χ1v) is 12.7. The molecule has 1 aromatic heterocycles. The molecule has 0 saturated carbocycles. The summed E-state index contributed by atoms with van der Waals surface area (Å²) in [4.78, 5) is 60.6. The van der Waals surface area contributed by atoms with Crippen LogP contribution in [-0.4, -0.2) is 110 Å². The lowest BCUT2D eigenvalue weighted by Gasteiger charge is -2.21. The van der Waals surface area contributed by atoms with Crippen molar-refractivity contribution in [1.82, 2.24) is 9.55 Å². The van der Waals surface area contributed by atoms with Gasteiger partial charge in [0.15, 0.2) is 12.5 Å². The molecule has 1 aliphatic heterocycles. The normalized spacial score (nSPS) is 27.2. The number of ether oxygens (including phenoxy) is 1. The largest absolute Gasteiger partial charge is 0.481 e. The fourth-order valence-electron chi connectivity index (χ4n) is 2.62. The zero-order chi connectivity index (χ0) is 28.0. The number of nitrogens with zero attached hydrogens (tertiary/aromatic N) is 1. The molecule has 2 rings (SSSR count). The van der Waals surface area contributed by atoms with E-state index in [0.717, 1.165) is 16.8 Å². The molecule has 0 radical (unpaired) electrons. The van der Waals surface area contributed by atoms with Gasteiger partial charge in [0, 0.05) is 12.3 Å². The van der Waals surface area contributed by atoms with E-state index in [1.165, 1.54) is 6.92 Å². The van der Waals surface area contributed by atoms with Crippen molar-refractivity contribution in [2.45, 2.75) is 55.9 Å². The Balaban J connectivity index is 0.000000497. The van der Waals surface area contributed by atoms with E-state index >= 15 is 0 Å². The van der Waals surface area contributed by atoms with Crippen LogP contribution in [0.5, 0.6) is 0 Å². The van der Waals surface area contributed by atoms with Gasteiger partial charge in [0.05, 0.1) is 12.7 Å². The number of aromatic nitrogens is 2. The van der Waals surface area contributed by atoms with Crippen molar-refractivity contribution >= 4 is 21.9 Å². The number of carbonyl (C=O) groups excluding carboxylic acids is 1. The monoisotopic (exact) mass is 568 g/mol. The van der Waals surface area contributed by atoms with Gasteiger partial charge in [-0.25, -0.2) is 13.9 Å². The number of H-pyrrole nitrogens is 1. The van der Waals surface area contributed by atoms with E-state index in [4.69, 9.17) is 39.8 Å². The summed E-state index contributed by atoms with van der Waals surface area (Å²) < 4.78 is 35.6. The predicted octanol–water partition coefficient (Wildman–Crippen LogP) is -4.97. The second-order valence-electron chi connectivity index (χ2n) is 7.25. The fraction of sp³-hybridized carbons (Fsp3) is 0.667. The van der Waals surface area contributed by atoms with Crippen LogP contribution in [0.4, 0.5) is 0 Å². The van der Waals surface area contributed by atoms with Gasteiger partial charge in [-0.05, 0) is 6.92 Å². The Morgan fingerprint density at radius 1 is 1.11 bits per heavy atom. The van der Waals surface area contributed by atoms with Crippen LogP contribution in [0.25, 0.3) is 0 Å². The first-order valence-electron chi connectivity index (χ1n) is 9.65. The predicted molar refractivity (Wildman–Crippen MR) is 112 cm³/mol. The van der Waals surface area contributed by atoms with Crippen molar-refractivity contribution in [3.63, 3.8) is 0 Å². The lowest BCUT2D eigenvalue weighted by molar-refractivity contribution is -0.132. The Labute approximate surface area is 200 Å². The molecule has 0 aliphatic carbocycles. The van der Waals surface area contributed by atoms with E-state index < -0.39 is 82.5 Å². The minimum Gasteiger partial charge on any atom is -0.391 e. The third-order valence-electron chi connectivity index (χ3n) is 4.41. The van der Waals surface area contributed by atoms with Crippen LogP contribution in [0.15, 0.2) is 21.9 Å². The van der Waals surface area contributed by atoms with E-state index in [2.05, 4.69) is 8.83 Å². The highest BCUT2D eigenvalue weighted by atomic mass is 31.3. The molecule has 0 amide bonds. The molecule has 36 heavy (non-hydrogen) atoms. The van der Waals surface area contributed by atoms with E-state index in [9.17, 15) is 33.7 Å². The van der Waals surface area contributed by atoms with E-state index in [1.807, 2.05) is 4.98 Å². The minimum absolute atomic E-state index is 0.0935. The summed E-state index contributed by atoms with van der Waals surface area (Å²) in [5.74, 6) is 0. The van der Waals surface area contributed by atoms with Crippen molar-refractivity contribution in [2.24, 2.45) is 0 Å². The lowest BCUT2D eigenvalue weighted by atomic mass is 10.1. The van der Waals surface area contributed by atoms with Crippen LogP contribution in [0.1, 0.15) is 13.2 Å². The average Bonchev–Trinajstić information content (AvgIpc) is 3.03. The zero-order valence-electron chi connectivity index (χ0n) is 18.2. The quantitative estimate of drug-likeness (QED) is 0.0933. The number of aromatic amines is 1. The van der Waals surface area contributed by atoms with Gasteiger partial charge in [-0.15, -0.1) is 0 Å². The molecule has 1 aromatic rings. The molecule has 10 N–H and O–H groups in total. The second kappa shape index (κ2) is 13.2. The van der Waals surface area contributed by atoms with Gasteiger partial charge in [0.25, 0.3) is 5.56 Å². The summed E-state index contributed by atoms with van der Waals surface area (Å²) in [5.41, 5.74) is -1.65. The molecule has 1 saturated heterocycles. The lowest BCUT2D eigenvalue weighted by Crippen LogP contribution is -2.43. The summed E-state index contributed by atoms with van der Waals surface area (Å²) >= 11 is 0. The SMILES string of the molecule is CC(O)C(O)C(O)C(O)C=O.O=c1ccn([C@@H]2O[C@H](COP(=O)(O)OP(=O)(O)O)[C@@H](O)[C@H]2O)c(=O)[nH]1. The highest BCUT2D eigenvalue weighted by molar-refractivity contribution is 7.60. The van der Waals surface area contributed by atoms with Crippen molar-refractivity contribution in [2.75, 3.05) is 6.61 Å². The molecule has 208 valence electrons. The fourth-order valence-corrected chi connectivity index (χ4v) is 4.22. The molecular weight excluding hydrogens is 542 g/mol. The van der Waals surface area contributed by atoms with Crippen LogP contribution in [-0.2, 0) is 27.5 Å². The second-order valence-corrected chi connectivity index (χ2v) is 10.1. The smallest absolute Gasteiger partial charge is 0.391 e. The summed E-state index contributed by atoms with van der Waals surface area (Å²) in [5, 5.41) is 54.9. The molecule has 0 aromatic carbocycles. The summed E-state index contributed by atoms with van der Waals surface area (Å²) in [6.45, 7) is 0.339. The molecule has 1 fully saturated rings. The Kier molecular flexibility index (Phi) is 11.9. The number of carbonyl (C=O) groups is 1. The number of aldehydes is 1. The van der Waals surface area contributed by atoms with Crippen molar-refractivity contribution < 1.29 is 72.8 Å². The third-order valence-corrected chi connectivity index (χ3v) is 6.56. The van der Waals surface area contributed by atoms with Gasteiger partial charge >= 0.3 is 21.3 Å². The third kappa shape index (κ3) is 9.66. The number of phosphoric ester groups is 1. The number of aliphatic hydroxyl groups is 6. The summed E-state index contributed by atoms with van der Waals surface area (Å²) in [6, 6.07) is 0.962. The van der Waals surface area contributed by atoms with Crippen LogP contribution >= 0.6 is 15.6 Å². The van der Waals surface area contributed by atoms with Gasteiger partial charge in [-0.2, -0.15) is 4.31 Å². The van der Waals surface area contributed by atoms with Crippen LogP contribution in [0.2, 0.25) is 0 Å². The average molecular weight is 568 g/mol. The maximum absolute atomic E-state index is 11.7. The molecule has 0 spiro atoms. The minimum atomic E-state index is -5.32. The van der Waals surface area contributed by atoms with Gasteiger partial charge < -0.3 is 54.9 Å². The van der Waals surface area contributed by atoms with Crippen LogP contribution in [0.3, 0.4) is 0 Å². The van der Waals surface area contributed by atoms with Gasteiger partial charge in [-0.3, -0.25) is 18.9 Å². The summed E-state index contributed by atoms with van der Waals surface area (Å²) in [6.07, 6.45) is -11.1. The Bertz CT molecular complexity index is 1070. The molecule has 5 unspecified atom stereocenters. The number of rotatable bonds is 10. The molecule has 2 heterocycles. The topological polar surface area (TPSA) is 316 Å². The molecular formula is C15H26N2O17P2. The van der Waals surface area contributed by atoms with Crippen LogP contribution < -0.4 is 11.2 Å². The van der Waals surface area contributed by atoms with E-state index in [0.29, 0.717) is 0 Å². The Morgan fingerprint density at radius 3 is 2.17 bits per heavy atom. The Hall–Kier alpha value is -1.67. The molecule has 19 nitrogen and oxygen atoms in total. The number of phosphoric acid groups is 2. The van der Waals surface area contributed by atoms with Crippen molar-refractivity contribution in [3.05, 3.63) is 33.1 Å². The maximum Gasteiger partial charge on any atom is 0.481 e. The standard InChI is InChI=1S/C9H14N2O12P2.C6H12O5/c12-5-1-2-11(9(15)10-5)8-7(14)6(13)4(22-8)3-21-25(19,20)23-24(16,17)18;1-3(8)5(10)6(11)4(9)2-7/h1-2,4,6-8,13-14H,3H2,(H,19,20)(H,10,12,15)(H2,16,17,18);2-6,8-11H,1H3/t4-,6-,7-,8-;/m1./s1. The van der Waals surface area contributed by atoms with Crippen molar-refractivity contribution in [3.8, 4) is 0 Å². The van der Waals surface area contributed by atoms with Gasteiger partial charge in [0.1, 0.15) is 36.6 Å². The van der Waals surface area contributed by atoms with Crippen molar-refractivity contribution in [1.29, 1.82) is 0 Å². The summed E-state index contributed by atoms with van der Waals surface area (Å²) in [7, 11) is -10.5. The molecule has 1 aliphatic rings. The first kappa shape index (κ1) is 32.4. The van der Waals surface area contributed by atoms with Crippen LogP contribution in [0, 0.1) is 0 Å². The molecule has 21 heteroatoms. The first-order chi connectivity index (χ1) is 16.4. The van der Waals surface area contributed by atoms with E-state index in [1.54, 1.807) is 0 Å².